The lowest BCUT2D eigenvalue weighted by Gasteiger charge is -2.26. The van der Waals surface area contributed by atoms with Crippen LogP contribution in [0.15, 0.2) is 29.6 Å². The van der Waals surface area contributed by atoms with Gasteiger partial charge in [-0.1, -0.05) is 23.2 Å². The molecule has 0 radical (unpaired) electrons. The summed E-state index contributed by atoms with van der Waals surface area (Å²) >= 11 is 18.7. The molecule has 10 atom stereocenters. The van der Waals surface area contributed by atoms with Crippen LogP contribution in [0.2, 0.25) is 15.3 Å². The van der Waals surface area contributed by atoms with Gasteiger partial charge in [0, 0.05) is 0 Å². The summed E-state index contributed by atoms with van der Waals surface area (Å²) in [5, 5.41) is 22.3. The van der Waals surface area contributed by atoms with Crippen molar-refractivity contribution in [3.05, 3.63) is 50.5 Å². The molecule has 6 heterocycles. The Kier molecular flexibility index (Phi) is 8.37. The van der Waals surface area contributed by atoms with E-state index in [2.05, 4.69) is 19.9 Å². The number of imidazole rings is 2. The highest BCUT2D eigenvalue weighted by atomic mass is 35.5. The van der Waals surface area contributed by atoms with Gasteiger partial charge in [-0.15, -0.1) is 0 Å². The fourth-order valence-corrected chi connectivity index (χ4v) is 7.94. The van der Waals surface area contributed by atoms with Crippen LogP contribution in [0.25, 0.3) is 22.2 Å². The van der Waals surface area contributed by atoms with E-state index in [-0.39, 0.29) is 37.5 Å². The number of benzene rings is 1. The van der Waals surface area contributed by atoms with Crippen LogP contribution in [0.4, 0.5) is 0 Å². The van der Waals surface area contributed by atoms with Crippen LogP contribution < -0.4 is 5.56 Å². The molecule has 2 bridgehead atoms. The van der Waals surface area contributed by atoms with Crippen molar-refractivity contribution in [2.75, 3.05) is 13.2 Å². The Bertz CT molecular complexity index is 1990. The number of rotatable bonds is 2. The number of fused-ring (bicyclic) bond motifs is 5. The first kappa shape index (κ1) is 32.5. The molecule has 24 heteroatoms. The molecule has 0 aliphatic carbocycles. The number of halogens is 3. The molecule has 1 aromatic carbocycles. The Morgan fingerprint density at radius 1 is 0.891 bits per heavy atom. The quantitative estimate of drug-likeness (QED) is 0.183. The predicted octanol–water partition coefficient (Wildman–Crippen LogP) is 1.66. The van der Waals surface area contributed by atoms with Crippen LogP contribution in [0.1, 0.15) is 12.5 Å². The number of ether oxygens (including phenoxy) is 2. The molecule has 5 N–H and O–H groups in total. The van der Waals surface area contributed by atoms with E-state index < -0.39 is 83.5 Å². The fourth-order valence-electron chi connectivity index (χ4n) is 5.45. The number of hydrogen-bond donors (Lipinski definition) is 5. The Morgan fingerprint density at radius 2 is 1.54 bits per heavy atom. The van der Waals surface area contributed by atoms with Gasteiger partial charge >= 0.3 is 15.6 Å². The maximum absolute atomic E-state index is 13.3. The standard InChI is InChI=1S/C22H21Cl3N6O13P2/c23-7-1-9-10(2-8(7)24)31(22(25)29-9)21-17-14(32)11(41-21)3-39-45(35,36)43-16-12(4-40-46(37,38)44-17)42-20(15(16)33)30-6-28-13-18(30)26-5-27-19(13)34/h1-2,5-6,11-12,14-17,20-21,32-33H,3-4H2,(H,35,36)(H,37,38)(H,26,27,34). The molecule has 0 spiro atoms. The van der Waals surface area contributed by atoms with E-state index >= 15 is 0 Å². The SMILES string of the molecule is O=c1[nH]cnc2c1ncn2C1OC2COP(=O)(O)OC3C(O)C(COP(=O)(O)OC2C1O)OC3n1c(Cl)nc2cc(Cl)c(Cl)cc21. The highest BCUT2D eigenvalue weighted by Gasteiger charge is 2.54. The molecule has 3 aromatic heterocycles. The number of aliphatic hydroxyl groups is 2. The van der Waals surface area contributed by atoms with Gasteiger partial charge in [0.25, 0.3) is 5.56 Å². The van der Waals surface area contributed by atoms with Gasteiger partial charge in [0.2, 0.25) is 5.28 Å². The van der Waals surface area contributed by atoms with Crippen LogP contribution in [0, 0.1) is 0 Å². The minimum Gasteiger partial charge on any atom is -0.387 e. The number of hydrogen-bond acceptors (Lipinski definition) is 14. The number of phosphoric ester groups is 2. The zero-order valence-corrected chi connectivity index (χ0v) is 26.6. The van der Waals surface area contributed by atoms with E-state index in [4.69, 9.17) is 62.4 Å². The molecule has 0 saturated carbocycles. The summed E-state index contributed by atoms with van der Waals surface area (Å²) in [7, 11) is -10.2. The molecule has 3 aliphatic heterocycles. The summed E-state index contributed by atoms with van der Waals surface area (Å²) < 4.78 is 61.3. The lowest BCUT2D eigenvalue weighted by molar-refractivity contribution is -0.0670. The Hall–Kier alpha value is -2.03. The van der Waals surface area contributed by atoms with E-state index in [0.29, 0.717) is 0 Å². The fraction of sp³-hybridized carbons (Fsp3) is 0.455. The van der Waals surface area contributed by atoms with Crippen molar-refractivity contribution >= 4 is 72.6 Å². The van der Waals surface area contributed by atoms with Crippen LogP contribution in [0.5, 0.6) is 0 Å². The molecule has 248 valence electrons. The Balaban J connectivity index is 1.22. The van der Waals surface area contributed by atoms with Crippen LogP contribution >= 0.6 is 50.4 Å². The van der Waals surface area contributed by atoms with Gasteiger partial charge < -0.3 is 34.5 Å². The van der Waals surface area contributed by atoms with Gasteiger partial charge in [0.15, 0.2) is 23.6 Å². The first-order valence-corrected chi connectivity index (χ1v) is 17.3. The topological polar surface area (TPSA) is 252 Å². The van der Waals surface area contributed by atoms with Crippen LogP contribution in [-0.2, 0) is 36.7 Å². The van der Waals surface area contributed by atoms with E-state index in [9.17, 15) is 33.9 Å². The summed E-state index contributed by atoms with van der Waals surface area (Å²) in [6.07, 6.45) is -10.6. The van der Waals surface area contributed by atoms with Gasteiger partial charge in [-0.25, -0.2) is 24.1 Å². The van der Waals surface area contributed by atoms with Crippen molar-refractivity contribution in [2.24, 2.45) is 0 Å². The zero-order chi connectivity index (χ0) is 32.7. The molecular weight excluding hydrogens is 725 g/mol. The number of aliphatic hydroxyl groups excluding tert-OH is 2. The maximum atomic E-state index is 13.3. The molecule has 3 aliphatic rings. The zero-order valence-electron chi connectivity index (χ0n) is 22.6. The number of aromatic nitrogens is 6. The minimum atomic E-state index is -5.13. The predicted molar refractivity (Wildman–Crippen MR) is 154 cm³/mol. The van der Waals surface area contributed by atoms with Gasteiger partial charge in [-0.2, -0.15) is 0 Å². The average molecular weight is 746 g/mol. The molecular formula is C22H21Cl3N6O13P2. The van der Waals surface area contributed by atoms with Crippen molar-refractivity contribution < 1.29 is 56.7 Å². The first-order valence-electron chi connectivity index (χ1n) is 13.1. The molecule has 46 heavy (non-hydrogen) atoms. The highest BCUT2D eigenvalue weighted by molar-refractivity contribution is 7.47. The van der Waals surface area contributed by atoms with Gasteiger partial charge in [0.05, 0.1) is 46.9 Å². The normalized spacial score (nSPS) is 37.2. The molecule has 10 unspecified atom stereocenters. The molecule has 3 fully saturated rings. The summed E-state index contributed by atoms with van der Waals surface area (Å²) in [6, 6.07) is 2.81. The second kappa shape index (κ2) is 11.8. The first-order chi connectivity index (χ1) is 21.7. The monoisotopic (exact) mass is 744 g/mol. The number of H-pyrrole nitrogens is 1. The average Bonchev–Trinajstić information content (AvgIpc) is 3.71. The molecule has 7 rings (SSSR count). The molecule has 0 amide bonds. The van der Waals surface area contributed by atoms with Crippen LogP contribution in [-0.4, -0.2) is 98.9 Å². The minimum absolute atomic E-state index is 0.00915. The Labute approximate surface area is 270 Å². The lowest BCUT2D eigenvalue weighted by Crippen LogP contribution is -2.36. The van der Waals surface area contributed by atoms with E-state index in [1.54, 1.807) is 0 Å². The third kappa shape index (κ3) is 5.72. The van der Waals surface area contributed by atoms with E-state index in [0.717, 1.165) is 12.7 Å². The number of phosphoric acid groups is 2. The third-order valence-corrected chi connectivity index (χ3v) is 10.5. The van der Waals surface area contributed by atoms with E-state index in [1.807, 2.05) is 0 Å². The van der Waals surface area contributed by atoms with Crippen molar-refractivity contribution in [1.82, 2.24) is 29.1 Å². The molecule has 4 aromatic rings. The van der Waals surface area contributed by atoms with E-state index in [1.165, 1.54) is 21.3 Å². The summed E-state index contributed by atoms with van der Waals surface area (Å²) in [5.74, 6) is 0. The van der Waals surface area contributed by atoms with Crippen molar-refractivity contribution in [3.8, 4) is 0 Å². The van der Waals surface area contributed by atoms with Gasteiger partial charge in [0.1, 0.15) is 36.6 Å². The number of aromatic amines is 1. The van der Waals surface area contributed by atoms with Crippen molar-refractivity contribution in [2.45, 2.75) is 49.1 Å². The molecule has 19 nitrogen and oxygen atoms in total. The summed E-state index contributed by atoms with van der Waals surface area (Å²) in [5.41, 5.74) is -0.195. The van der Waals surface area contributed by atoms with Crippen molar-refractivity contribution in [1.29, 1.82) is 0 Å². The number of nitrogens with one attached hydrogen (secondary N) is 1. The third-order valence-electron chi connectivity index (χ3n) is 7.52. The van der Waals surface area contributed by atoms with Crippen molar-refractivity contribution in [3.63, 3.8) is 0 Å². The smallest absolute Gasteiger partial charge is 0.387 e. The lowest BCUT2D eigenvalue weighted by atomic mass is 10.1. The van der Waals surface area contributed by atoms with Crippen LogP contribution in [0.3, 0.4) is 0 Å². The summed E-state index contributed by atoms with van der Waals surface area (Å²) in [4.78, 5) is 48.0. The second-order valence-corrected chi connectivity index (χ2v) is 14.3. The summed E-state index contributed by atoms with van der Waals surface area (Å²) in [6.45, 7) is -1.66. The maximum Gasteiger partial charge on any atom is 0.472 e. The molecule has 3 saturated heterocycles. The largest absolute Gasteiger partial charge is 0.472 e. The second-order valence-electron chi connectivity index (χ2n) is 10.3. The highest BCUT2D eigenvalue weighted by Crippen LogP contribution is 2.54. The van der Waals surface area contributed by atoms with Gasteiger partial charge in [-0.3, -0.25) is 32.0 Å². The number of nitrogens with zero attached hydrogens (tertiary/aromatic N) is 5. The van der Waals surface area contributed by atoms with Gasteiger partial charge in [-0.05, 0) is 23.7 Å². The Morgan fingerprint density at radius 3 is 2.28 bits per heavy atom.